The molecule has 0 aliphatic carbocycles. The van der Waals surface area contributed by atoms with Crippen LogP contribution in [0.2, 0.25) is 0 Å². The number of carboxylic acid groups (broad SMARTS) is 1. The van der Waals surface area contributed by atoms with Crippen LogP contribution in [-0.2, 0) is 4.79 Å². The molecular weight excluding hydrogens is 564 g/mol. The van der Waals surface area contributed by atoms with Crippen molar-refractivity contribution < 1.29 is 38.6 Å². The molecule has 0 radical (unpaired) electrons. The molecule has 0 aliphatic heterocycles. The van der Waals surface area contributed by atoms with Crippen molar-refractivity contribution >= 4 is 23.4 Å². The van der Waals surface area contributed by atoms with Crippen molar-refractivity contribution in [2.24, 2.45) is 5.92 Å². The number of benzene rings is 2. The van der Waals surface area contributed by atoms with E-state index >= 15 is 0 Å². The Morgan fingerprint density at radius 2 is 1.79 bits per heavy atom. The Labute approximate surface area is 246 Å². The number of aromatic nitrogens is 2. The monoisotopic (exact) mass is 594 g/mol. The number of nitriles is 1. The normalized spacial score (nSPS) is 11.8. The Morgan fingerprint density at radius 3 is 2.35 bits per heavy atom. The predicted octanol–water partition coefficient (Wildman–Crippen LogP) is 4.47. The summed E-state index contributed by atoms with van der Waals surface area (Å²) >= 11 is 0. The lowest BCUT2D eigenvalue weighted by molar-refractivity contribution is -0.385. The molecule has 0 aliphatic rings. The minimum atomic E-state index is -1.28. The lowest BCUT2D eigenvalue weighted by atomic mass is 9.99. The summed E-state index contributed by atoms with van der Waals surface area (Å²) < 4.78 is 22.2. The quantitative estimate of drug-likeness (QED) is 0.208. The van der Waals surface area contributed by atoms with E-state index in [9.17, 15) is 30.1 Å². The first-order valence-corrected chi connectivity index (χ1v) is 12.8. The Bertz CT molecular complexity index is 1570. The van der Waals surface area contributed by atoms with Crippen LogP contribution in [0.3, 0.4) is 0 Å². The number of nitrogens with one attached hydrogen (secondary N) is 1. The first kappa shape index (κ1) is 31.9. The van der Waals surface area contributed by atoms with E-state index in [0.717, 1.165) is 0 Å². The molecule has 2 unspecified atom stereocenters. The number of amides is 1. The second-order valence-electron chi connectivity index (χ2n) is 9.39. The van der Waals surface area contributed by atoms with Crippen LogP contribution in [0.25, 0.3) is 0 Å². The highest BCUT2D eigenvalue weighted by atomic mass is 16.6. The van der Waals surface area contributed by atoms with Crippen molar-refractivity contribution in [3.05, 3.63) is 57.6 Å². The second-order valence-corrected chi connectivity index (χ2v) is 9.39. The minimum absolute atomic E-state index is 0.00394. The van der Waals surface area contributed by atoms with E-state index in [1.54, 1.807) is 27.9 Å². The van der Waals surface area contributed by atoms with Crippen LogP contribution in [0.4, 0.5) is 11.5 Å². The van der Waals surface area contributed by atoms with Crippen LogP contribution in [0, 0.1) is 27.4 Å². The molecule has 1 aromatic heterocycles. The van der Waals surface area contributed by atoms with Gasteiger partial charge in [0.15, 0.2) is 11.5 Å². The highest BCUT2D eigenvalue weighted by molar-refractivity contribution is 5.94. The number of hydrogen-bond donors (Lipinski definition) is 2. The number of carbonyl (C=O) groups is 2. The first-order valence-electron chi connectivity index (χ1n) is 12.8. The third kappa shape index (κ3) is 7.55. The molecule has 3 rings (SSSR count). The molecule has 0 saturated heterocycles. The van der Waals surface area contributed by atoms with Crippen LogP contribution in [0.1, 0.15) is 36.2 Å². The third-order valence-corrected chi connectivity index (χ3v) is 6.26. The van der Waals surface area contributed by atoms with Crippen LogP contribution < -0.4 is 24.3 Å². The number of anilines is 1. The molecule has 1 heterocycles. The van der Waals surface area contributed by atoms with Gasteiger partial charge in [0, 0.05) is 31.8 Å². The van der Waals surface area contributed by atoms with Crippen molar-refractivity contribution in [1.29, 1.82) is 5.26 Å². The lowest BCUT2D eigenvalue weighted by Crippen LogP contribution is -2.36. The van der Waals surface area contributed by atoms with E-state index in [1.165, 1.54) is 55.5 Å². The molecule has 2 atom stereocenters. The highest BCUT2D eigenvalue weighted by Gasteiger charge is 2.33. The number of nitrogens with zero attached hydrogens (tertiary/aromatic N) is 5. The van der Waals surface area contributed by atoms with Crippen LogP contribution in [0.15, 0.2) is 36.4 Å². The van der Waals surface area contributed by atoms with Gasteiger partial charge in [-0.3, -0.25) is 14.9 Å². The summed E-state index contributed by atoms with van der Waals surface area (Å²) in [6.45, 7) is 3.43. The number of ether oxygens (including phenoxy) is 4. The van der Waals surface area contributed by atoms with Gasteiger partial charge in [0.25, 0.3) is 5.91 Å². The Morgan fingerprint density at radius 1 is 1.09 bits per heavy atom. The fourth-order valence-electron chi connectivity index (χ4n) is 3.79. The van der Waals surface area contributed by atoms with Gasteiger partial charge in [-0.15, -0.1) is 0 Å². The zero-order chi connectivity index (χ0) is 31.8. The van der Waals surface area contributed by atoms with Crippen molar-refractivity contribution in [1.82, 2.24) is 14.9 Å². The fraction of sp³-hybridized carbons (Fsp3) is 0.321. The topological polar surface area (TPSA) is 199 Å². The summed E-state index contributed by atoms with van der Waals surface area (Å²) in [5.74, 6) is -2.89. The minimum Gasteiger partial charge on any atom is -0.497 e. The van der Waals surface area contributed by atoms with E-state index < -0.39 is 52.2 Å². The smallest absolute Gasteiger partial charge is 0.373 e. The zero-order valence-electron chi connectivity index (χ0n) is 24.3. The molecule has 3 aromatic rings. The number of rotatable bonds is 13. The van der Waals surface area contributed by atoms with Crippen molar-refractivity contribution in [2.45, 2.75) is 26.3 Å². The Kier molecular flexibility index (Phi) is 10.2. The molecule has 0 fully saturated rings. The summed E-state index contributed by atoms with van der Waals surface area (Å²) in [7, 11) is 5.83. The van der Waals surface area contributed by atoms with E-state index in [2.05, 4.69) is 15.3 Å². The molecule has 15 heteroatoms. The van der Waals surface area contributed by atoms with Gasteiger partial charge < -0.3 is 34.3 Å². The van der Waals surface area contributed by atoms with Gasteiger partial charge in [0.1, 0.15) is 17.5 Å². The van der Waals surface area contributed by atoms with Gasteiger partial charge in [-0.2, -0.15) is 15.2 Å². The Balaban J connectivity index is 2.25. The number of aliphatic carboxylic acids is 1. The molecule has 15 nitrogen and oxygen atoms in total. The van der Waals surface area contributed by atoms with Crippen molar-refractivity contribution in [3.63, 3.8) is 0 Å². The molecule has 0 bridgehead atoms. The fourth-order valence-corrected chi connectivity index (χ4v) is 3.79. The van der Waals surface area contributed by atoms with E-state index in [-0.39, 0.29) is 34.1 Å². The van der Waals surface area contributed by atoms with Gasteiger partial charge in [-0.25, -0.2) is 4.79 Å². The van der Waals surface area contributed by atoms with E-state index in [0.29, 0.717) is 6.42 Å². The van der Waals surface area contributed by atoms with Crippen molar-refractivity contribution in [3.8, 4) is 41.0 Å². The summed E-state index contributed by atoms with van der Waals surface area (Å²) in [6, 6.07) is 8.68. The molecule has 0 spiro atoms. The number of carbonyl (C=O) groups excluding carboxylic acids is 1. The maximum atomic E-state index is 12.7. The highest BCUT2D eigenvalue weighted by Crippen LogP contribution is 2.40. The number of methoxy groups -OCH3 is 2. The largest absolute Gasteiger partial charge is 0.497 e. The van der Waals surface area contributed by atoms with E-state index in [1.807, 2.05) is 6.07 Å². The lowest BCUT2D eigenvalue weighted by Gasteiger charge is -2.21. The van der Waals surface area contributed by atoms with Crippen molar-refractivity contribution in [2.75, 3.05) is 33.6 Å². The molecule has 0 saturated carbocycles. The van der Waals surface area contributed by atoms with E-state index in [4.69, 9.17) is 18.9 Å². The third-order valence-electron chi connectivity index (χ3n) is 6.26. The molecule has 1 amide bonds. The number of nitro groups is 1. The summed E-state index contributed by atoms with van der Waals surface area (Å²) in [5.41, 5.74) is -0.417. The average Bonchev–Trinajstić information content (AvgIpc) is 2.98. The Hall–Kier alpha value is -5.65. The van der Waals surface area contributed by atoms with Gasteiger partial charge in [0.05, 0.1) is 30.8 Å². The maximum Gasteiger partial charge on any atom is 0.373 e. The van der Waals surface area contributed by atoms with Gasteiger partial charge in [-0.05, 0) is 30.2 Å². The molecular formula is C28H30N6O9. The molecule has 2 aromatic carbocycles. The number of carboxylic acids is 1. The number of hydrogen-bond acceptors (Lipinski definition) is 12. The second kappa shape index (κ2) is 13.8. The van der Waals surface area contributed by atoms with Gasteiger partial charge in [-0.1, -0.05) is 20.3 Å². The first-order chi connectivity index (χ1) is 20.4. The van der Waals surface area contributed by atoms with Gasteiger partial charge in [0.2, 0.25) is 5.82 Å². The van der Waals surface area contributed by atoms with Crippen LogP contribution >= 0.6 is 0 Å². The predicted molar refractivity (Wildman–Crippen MR) is 152 cm³/mol. The van der Waals surface area contributed by atoms with Gasteiger partial charge >= 0.3 is 23.5 Å². The zero-order valence-corrected chi connectivity index (χ0v) is 24.3. The summed E-state index contributed by atoms with van der Waals surface area (Å²) in [6.07, 6.45) is 0.431. The summed E-state index contributed by atoms with van der Waals surface area (Å²) in [5, 5.41) is 34.2. The molecule has 2 N–H and O–H groups in total. The molecule has 43 heavy (non-hydrogen) atoms. The molecule has 226 valence electrons. The average molecular weight is 595 g/mol. The maximum absolute atomic E-state index is 12.7. The standard InChI is InChI=1S/C28H30N6O9/c1-7-15(2)22(27(36)37)30-24-23(34(38)39)25(42-19-12-17(26(35)33(3)4)11-18(13-19)40-5)32-28(31-24)43-21-10-16(14-29)8-9-20(21)41-6/h8-13,15,22H,7H2,1-6H3,(H,36,37)(H,30,31,32). The van der Waals surface area contributed by atoms with Crippen LogP contribution in [-0.4, -0.2) is 71.1 Å². The van der Waals surface area contributed by atoms with Crippen LogP contribution in [0.5, 0.6) is 34.9 Å². The SMILES string of the molecule is CCC(C)C(Nc1nc(Oc2cc(C#N)ccc2OC)nc(Oc2cc(OC)cc(C(=O)N(C)C)c2)c1[N+](=O)[O-])C(=O)O. The summed E-state index contributed by atoms with van der Waals surface area (Å²) in [4.78, 5) is 45.8.